The van der Waals surface area contributed by atoms with Gasteiger partial charge in [0.1, 0.15) is 10.6 Å². The molecule has 1 amide bonds. The van der Waals surface area contributed by atoms with Gasteiger partial charge >= 0.3 is 0 Å². The number of sulfonamides is 2. The van der Waals surface area contributed by atoms with Crippen molar-refractivity contribution >= 4 is 31.6 Å². The monoisotopic (exact) mass is 495 g/mol. The maximum Gasteiger partial charge on any atom is 0.255 e. The summed E-state index contributed by atoms with van der Waals surface area (Å²) in [6.07, 6.45) is 1.57. The summed E-state index contributed by atoms with van der Waals surface area (Å²) in [6, 6.07) is 10.2. The fourth-order valence-electron chi connectivity index (χ4n) is 3.74. The molecule has 2 aromatic carbocycles. The number of rotatable bonds is 9. The van der Waals surface area contributed by atoms with Gasteiger partial charge in [0.05, 0.1) is 12.0 Å². The molecule has 0 spiro atoms. The maximum atomic E-state index is 13.1. The van der Waals surface area contributed by atoms with Crippen LogP contribution in [0.25, 0.3) is 0 Å². The van der Waals surface area contributed by atoms with Crippen LogP contribution in [0.3, 0.4) is 0 Å². The highest BCUT2D eigenvalue weighted by Crippen LogP contribution is 2.30. The quantitative estimate of drug-likeness (QED) is 0.572. The number of carbonyl (C=O) groups is 1. The lowest BCUT2D eigenvalue weighted by atomic mass is 10.2. The van der Waals surface area contributed by atoms with Gasteiger partial charge in [0, 0.05) is 37.4 Å². The van der Waals surface area contributed by atoms with Crippen molar-refractivity contribution in [3.05, 3.63) is 48.0 Å². The Labute approximate surface area is 195 Å². The van der Waals surface area contributed by atoms with Gasteiger partial charge in [-0.1, -0.05) is 19.9 Å². The van der Waals surface area contributed by atoms with E-state index < -0.39 is 26.0 Å². The highest BCUT2D eigenvalue weighted by atomic mass is 32.2. The minimum Gasteiger partial charge on any atom is -0.495 e. The number of carbonyl (C=O) groups excluding carboxylic acids is 1. The molecule has 33 heavy (non-hydrogen) atoms. The smallest absolute Gasteiger partial charge is 0.255 e. The summed E-state index contributed by atoms with van der Waals surface area (Å²) in [4.78, 5) is 12.9. The molecule has 1 aliphatic rings. The summed E-state index contributed by atoms with van der Waals surface area (Å²) in [5.41, 5.74) is 0.401. The van der Waals surface area contributed by atoms with Gasteiger partial charge in [-0.2, -0.15) is 8.61 Å². The summed E-state index contributed by atoms with van der Waals surface area (Å²) in [5.74, 6) is -0.404. The molecule has 1 N–H and O–H groups in total. The molecular weight excluding hydrogens is 466 g/mol. The zero-order chi connectivity index (χ0) is 24.2. The second-order valence-electron chi connectivity index (χ2n) is 7.55. The molecule has 0 atom stereocenters. The van der Waals surface area contributed by atoms with Gasteiger partial charge in [-0.15, -0.1) is 0 Å². The van der Waals surface area contributed by atoms with E-state index in [0.29, 0.717) is 26.2 Å². The Hall–Kier alpha value is -2.47. The summed E-state index contributed by atoms with van der Waals surface area (Å²) in [6.45, 7) is 5.02. The first-order valence-corrected chi connectivity index (χ1v) is 13.6. The Morgan fingerprint density at radius 2 is 1.70 bits per heavy atom. The topological polar surface area (TPSA) is 113 Å². The minimum absolute atomic E-state index is 0.0658. The zero-order valence-corrected chi connectivity index (χ0v) is 20.6. The molecule has 3 rings (SSSR count). The average molecular weight is 496 g/mol. The SMILES string of the molecule is CCN(CC)S(=O)(=O)c1cccc(NC(=O)c2ccc(OC)c(S(=O)(=O)N3CCCC3)c2)c1. The summed E-state index contributed by atoms with van der Waals surface area (Å²) in [7, 11) is -6.12. The molecule has 2 aromatic rings. The number of methoxy groups -OCH3 is 1. The van der Waals surface area contributed by atoms with Crippen LogP contribution >= 0.6 is 0 Å². The molecule has 0 saturated carbocycles. The van der Waals surface area contributed by atoms with Crippen LogP contribution in [-0.2, 0) is 20.0 Å². The molecule has 180 valence electrons. The summed E-state index contributed by atoms with van der Waals surface area (Å²) >= 11 is 0. The molecule has 0 aromatic heterocycles. The van der Waals surface area contributed by atoms with Gasteiger partial charge in [0.25, 0.3) is 5.91 Å². The Morgan fingerprint density at radius 3 is 2.30 bits per heavy atom. The lowest BCUT2D eigenvalue weighted by molar-refractivity contribution is 0.102. The molecule has 0 bridgehead atoms. The maximum absolute atomic E-state index is 13.1. The first-order valence-electron chi connectivity index (χ1n) is 10.7. The van der Waals surface area contributed by atoms with Crippen LogP contribution in [0.4, 0.5) is 5.69 Å². The molecule has 1 heterocycles. The summed E-state index contributed by atoms with van der Waals surface area (Å²) < 4.78 is 59.6. The molecule has 1 fully saturated rings. The fourth-order valence-corrected chi connectivity index (χ4v) is 6.94. The number of benzene rings is 2. The van der Waals surface area contributed by atoms with Crippen LogP contribution in [0, 0.1) is 0 Å². The molecular formula is C22H29N3O6S2. The van der Waals surface area contributed by atoms with Crippen molar-refractivity contribution in [1.29, 1.82) is 0 Å². The second-order valence-corrected chi connectivity index (χ2v) is 11.4. The largest absolute Gasteiger partial charge is 0.495 e. The van der Waals surface area contributed by atoms with Crippen LogP contribution in [-0.4, -0.2) is 64.6 Å². The molecule has 0 aliphatic carbocycles. The van der Waals surface area contributed by atoms with Gasteiger partial charge in [0.15, 0.2) is 0 Å². The van der Waals surface area contributed by atoms with Crippen molar-refractivity contribution in [2.75, 3.05) is 38.6 Å². The first-order chi connectivity index (χ1) is 15.6. The van der Waals surface area contributed by atoms with Crippen molar-refractivity contribution in [2.24, 2.45) is 0 Å². The molecule has 11 heteroatoms. The predicted octanol–water partition coefficient (Wildman–Crippen LogP) is 2.76. The van der Waals surface area contributed by atoms with Crippen molar-refractivity contribution in [3.63, 3.8) is 0 Å². The number of amides is 1. The van der Waals surface area contributed by atoms with Gasteiger partial charge in [-0.25, -0.2) is 16.8 Å². The highest BCUT2D eigenvalue weighted by Gasteiger charge is 2.31. The van der Waals surface area contributed by atoms with Crippen LogP contribution in [0.5, 0.6) is 5.75 Å². The van der Waals surface area contributed by atoms with E-state index in [-0.39, 0.29) is 26.8 Å². The number of nitrogens with zero attached hydrogens (tertiary/aromatic N) is 2. The number of nitrogens with one attached hydrogen (secondary N) is 1. The van der Waals surface area contributed by atoms with Crippen LogP contribution < -0.4 is 10.1 Å². The Balaban J connectivity index is 1.90. The molecule has 0 unspecified atom stereocenters. The third kappa shape index (κ3) is 5.21. The second kappa shape index (κ2) is 10.2. The van der Waals surface area contributed by atoms with E-state index in [1.807, 2.05) is 0 Å². The number of hydrogen-bond donors (Lipinski definition) is 1. The van der Waals surface area contributed by atoms with Crippen LogP contribution in [0.1, 0.15) is 37.0 Å². The summed E-state index contributed by atoms with van der Waals surface area (Å²) in [5, 5.41) is 2.66. The van der Waals surface area contributed by atoms with E-state index in [1.165, 1.54) is 46.1 Å². The van der Waals surface area contributed by atoms with E-state index in [4.69, 9.17) is 4.74 Å². The molecule has 1 saturated heterocycles. The van der Waals surface area contributed by atoms with E-state index in [1.54, 1.807) is 26.0 Å². The van der Waals surface area contributed by atoms with Crippen molar-refractivity contribution in [2.45, 2.75) is 36.5 Å². The first kappa shape index (κ1) is 25.2. The van der Waals surface area contributed by atoms with Gasteiger partial charge in [0.2, 0.25) is 20.0 Å². The molecule has 1 aliphatic heterocycles. The third-order valence-electron chi connectivity index (χ3n) is 5.54. The highest BCUT2D eigenvalue weighted by molar-refractivity contribution is 7.89. The molecule has 0 radical (unpaired) electrons. The Bertz CT molecular complexity index is 1220. The lowest BCUT2D eigenvalue weighted by Gasteiger charge is -2.19. The van der Waals surface area contributed by atoms with Crippen molar-refractivity contribution in [3.8, 4) is 5.75 Å². The van der Waals surface area contributed by atoms with E-state index in [9.17, 15) is 21.6 Å². The average Bonchev–Trinajstić information content (AvgIpc) is 3.35. The lowest BCUT2D eigenvalue weighted by Crippen LogP contribution is -2.30. The van der Waals surface area contributed by atoms with Crippen molar-refractivity contribution in [1.82, 2.24) is 8.61 Å². The normalized spacial score (nSPS) is 15.0. The van der Waals surface area contributed by atoms with Gasteiger partial charge < -0.3 is 10.1 Å². The van der Waals surface area contributed by atoms with Crippen LogP contribution in [0.15, 0.2) is 52.3 Å². The minimum atomic E-state index is -3.81. The predicted molar refractivity (Wildman–Crippen MR) is 125 cm³/mol. The number of anilines is 1. The van der Waals surface area contributed by atoms with E-state index in [0.717, 1.165) is 12.8 Å². The van der Waals surface area contributed by atoms with Crippen LogP contribution in [0.2, 0.25) is 0 Å². The van der Waals surface area contributed by atoms with Gasteiger partial charge in [-0.3, -0.25) is 4.79 Å². The van der Waals surface area contributed by atoms with Crippen molar-refractivity contribution < 1.29 is 26.4 Å². The Morgan fingerprint density at radius 1 is 1.03 bits per heavy atom. The number of ether oxygens (including phenoxy) is 1. The molecule has 9 nitrogen and oxygen atoms in total. The van der Waals surface area contributed by atoms with E-state index in [2.05, 4.69) is 5.32 Å². The number of hydrogen-bond acceptors (Lipinski definition) is 6. The standard InChI is InChI=1S/C22H29N3O6S2/c1-4-24(5-2)32(27,28)19-10-8-9-18(16-19)23-22(26)17-11-12-20(31-3)21(15-17)33(29,30)25-13-6-7-14-25/h8-12,15-16H,4-7,13-14H2,1-3H3,(H,23,26). The Kier molecular flexibility index (Phi) is 7.78. The van der Waals surface area contributed by atoms with Gasteiger partial charge in [-0.05, 0) is 49.2 Å². The zero-order valence-electron chi connectivity index (χ0n) is 18.9. The van der Waals surface area contributed by atoms with E-state index >= 15 is 0 Å². The fraction of sp³-hybridized carbons (Fsp3) is 0.409. The third-order valence-corrected chi connectivity index (χ3v) is 9.51.